The van der Waals surface area contributed by atoms with Gasteiger partial charge < -0.3 is 4.42 Å². The van der Waals surface area contributed by atoms with Gasteiger partial charge in [-0.25, -0.2) is 13.3 Å². The molecule has 0 bridgehead atoms. The second-order valence-electron chi connectivity index (χ2n) is 7.73. The Kier molecular flexibility index (Phi) is 4.17. The monoisotopic (exact) mass is 400 g/mol. The minimum absolute atomic E-state index is 0.344. The largest absolute Gasteiger partial charge is 0.455 e. The van der Waals surface area contributed by atoms with E-state index in [1.807, 2.05) is 36.7 Å². The van der Waals surface area contributed by atoms with Crippen LogP contribution in [-0.2, 0) is 7.05 Å². The number of pyridine rings is 1. The minimum atomic E-state index is -0.408. The van der Waals surface area contributed by atoms with Gasteiger partial charge in [-0.05, 0) is 48.7 Å². The first-order chi connectivity index (χ1) is 14.4. The van der Waals surface area contributed by atoms with Crippen LogP contribution in [-0.4, -0.2) is 0 Å². The molecule has 0 spiro atoms. The van der Waals surface area contributed by atoms with E-state index in [2.05, 4.69) is 31.3 Å². The van der Waals surface area contributed by atoms with Crippen molar-refractivity contribution in [1.29, 1.82) is 0 Å². The van der Waals surface area contributed by atoms with Crippen LogP contribution in [0.1, 0.15) is 11.1 Å². The van der Waals surface area contributed by atoms with E-state index in [4.69, 9.17) is 4.42 Å². The Morgan fingerprint density at radius 1 is 0.867 bits per heavy atom. The summed E-state index contributed by atoms with van der Waals surface area (Å²) in [6.45, 7) is 3.93. The molecule has 0 aliphatic carbocycles. The fourth-order valence-electron chi connectivity index (χ4n) is 4.23. The highest BCUT2D eigenvalue weighted by atomic mass is 19.1. The lowest BCUT2D eigenvalue weighted by Gasteiger charge is -2.10. The van der Waals surface area contributed by atoms with Crippen LogP contribution < -0.4 is 4.57 Å². The first-order valence-electron chi connectivity index (χ1n) is 9.81. The van der Waals surface area contributed by atoms with Gasteiger partial charge in [0.2, 0.25) is 5.69 Å². The van der Waals surface area contributed by atoms with Gasteiger partial charge in [-0.3, -0.25) is 0 Å². The van der Waals surface area contributed by atoms with Crippen molar-refractivity contribution >= 4 is 21.9 Å². The molecule has 0 aliphatic rings. The number of hydrogen-bond acceptors (Lipinski definition) is 1. The summed E-state index contributed by atoms with van der Waals surface area (Å²) in [7, 11) is 1.97. The number of aryl methyl sites for hydroxylation is 3. The zero-order valence-electron chi connectivity index (χ0n) is 17.0. The van der Waals surface area contributed by atoms with Crippen LogP contribution in [0.15, 0.2) is 71.3 Å². The maximum Gasteiger partial charge on any atom is 0.216 e. The Labute approximate surface area is 173 Å². The van der Waals surface area contributed by atoms with Crippen LogP contribution in [0.5, 0.6) is 0 Å². The smallest absolute Gasteiger partial charge is 0.216 e. The molecule has 2 heterocycles. The van der Waals surface area contributed by atoms with Crippen LogP contribution in [0.25, 0.3) is 44.3 Å². The molecule has 0 unspecified atom stereocenters. The van der Waals surface area contributed by atoms with Gasteiger partial charge in [0.15, 0.2) is 11.8 Å². The van der Waals surface area contributed by atoms with Crippen molar-refractivity contribution in [2.24, 2.45) is 7.05 Å². The van der Waals surface area contributed by atoms with E-state index in [-0.39, 0.29) is 5.82 Å². The number of nitrogens with zero attached hydrogens (tertiary/aromatic N) is 1. The van der Waals surface area contributed by atoms with E-state index in [1.165, 1.54) is 18.2 Å². The van der Waals surface area contributed by atoms with Gasteiger partial charge in [0.1, 0.15) is 24.3 Å². The summed E-state index contributed by atoms with van der Waals surface area (Å²) in [4.78, 5) is 0. The highest BCUT2D eigenvalue weighted by Gasteiger charge is 2.24. The van der Waals surface area contributed by atoms with E-state index in [9.17, 15) is 8.78 Å². The molecule has 0 fully saturated rings. The van der Waals surface area contributed by atoms with Crippen LogP contribution in [0.3, 0.4) is 0 Å². The quantitative estimate of drug-likeness (QED) is 0.304. The molecular weight excluding hydrogens is 380 g/mol. The first kappa shape index (κ1) is 18.5. The van der Waals surface area contributed by atoms with Crippen molar-refractivity contribution in [3.05, 3.63) is 89.6 Å². The summed E-state index contributed by atoms with van der Waals surface area (Å²) < 4.78 is 36.7. The molecule has 4 heteroatoms. The van der Waals surface area contributed by atoms with Crippen LogP contribution in [0.2, 0.25) is 0 Å². The molecule has 0 saturated heterocycles. The number of rotatable bonds is 2. The maximum atomic E-state index is 14.9. The van der Waals surface area contributed by atoms with Crippen LogP contribution in [0.4, 0.5) is 8.78 Å². The first-order valence-corrected chi connectivity index (χ1v) is 9.81. The molecule has 5 rings (SSSR count). The highest BCUT2D eigenvalue weighted by Crippen LogP contribution is 2.39. The van der Waals surface area contributed by atoms with Gasteiger partial charge in [0, 0.05) is 23.1 Å². The number of fused-ring (bicyclic) bond motifs is 3. The van der Waals surface area contributed by atoms with E-state index in [0.717, 1.165) is 33.5 Å². The van der Waals surface area contributed by atoms with Gasteiger partial charge in [-0.1, -0.05) is 30.3 Å². The van der Waals surface area contributed by atoms with Gasteiger partial charge in [0.05, 0.1) is 10.9 Å². The average molecular weight is 400 g/mol. The van der Waals surface area contributed by atoms with Gasteiger partial charge in [0.25, 0.3) is 0 Å². The lowest BCUT2D eigenvalue weighted by molar-refractivity contribution is -0.659. The van der Waals surface area contributed by atoms with Crippen molar-refractivity contribution in [2.75, 3.05) is 0 Å². The van der Waals surface area contributed by atoms with Crippen molar-refractivity contribution < 1.29 is 17.8 Å². The molecule has 0 amide bonds. The van der Waals surface area contributed by atoms with Gasteiger partial charge >= 0.3 is 0 Å². The predicted octanol–water partition coefficient (Wildman–Crippen LogP) is 6.64. The molecule has 2 nitrogen and oxygen atoms in total. The zero-order chi connectivity index (χ0) is 21.0. The summed E-state index contributed by atoms with van der Waals surface area (Å²) in [5, 5.41) is 0.959. The average Bonchev–Trinajstić information content (AvgIpc) is 3.09. The molecule has 2 aromatic heterocycles. The molecule has 0 radical (unpaired) electrons. The SMILES string of the molecule is Cc1cc(-c2c(C)cc(F)c3c2oc2cc(F)ccc23)[n+](C)cc1-c1ccccc1. The molecular formula is C26H20F2NO+. The van der Waals surface area contributed by atoms with Gasteiger partial charge in [-0.15, -0.1) is 0 Å². The molecule has 0 N–H and O–H groups in total. The minimum Gasteiger partial charge on any atom is -0.455 e. The van der Waals surface area contributed by atoms with Crippen molar-refractivity contribution in [3.63, 3.8) is 0 Å². The molecule has 0 saturated carbocycles. The van der Waals surface area contributed by atoms with Gasteiger partial charge in [-0.2, -0.15) is 0 Å². The van der Waals surface area contributed by atoms with Crippen molar-refractivity contribution in [3.8, 4) is 22.4 Å². The Morgan fingerprint density at radius 2 is 1.63 bits per heavy atom. The lowest BCUT2D eigenvalue weighted by atomic mass is 9.96. The maximum absolute atomic E-state index is 14.9. The third-order valence-corrected chi connectivity index (χ3v) is 5.68. The summed E-state index contributed by atoms with van der Waals surface area (Å²) in [6.07, 6.45) is 2.08. The van der Waals surface area contributed by atoms with Crippen LogP contribution in [0, 0.1) is 25.5 Å². The molecule has 0 aliphatic heterocycles. The molecule has 5 aromatic rings. The van der Waals surface area contributed by atoms with E-state index in [0.29, 0.717) is 21.9 Å². The molecule has 30 heavy (non-hydrogen) atoms. The fraction of sp³-hybridized carbons (Fsp3) is 0.115. The van der Waals surface area contributed by atoms with E-state index < -0.39 is 5.82 Å². The number of aromatic nitrogens is 1. The van der Waals surface area contributed by atoms with Crippen LogP contribution >= 0.6 is 0 Å². The second kappa shape index (κ2) is 6.77. The fourth-order valence-corrected chi connectivity index (χ4v) is 4.23. The zero-order valence-corrected chi connectivity index (χ0v) is 17.0. The summed E-state index contributed by atoms with van der Waals surface area (Å²) in [6, 6.07) is 18.0. The third kappa shape index (κ3) is 2.79. The van der Waals surface area contributed by atoms with Crippen molar-refractivity contribution in [1.82, 2.24) is 0 Å². The molecule has 148 valence electrons. The predicted molar refractivity (Wildman–Crippen MR) is 115 cm³/mol. The number of hydrogen-bond donors (Lipinski definition) is 0. The van der Waals surface area contributed by atoms with Crippen molar-refractivity contribution in [2.45, 2.75) is 13.8 Å². The highest BCUT2D eigenvalue weighted by molar-refractivity contribution is 6.10. The Hall–Kier alpha value is -3.53. The normalized spacial score (nSPS) is 11.5. The number of halogens is 2. The Morgan fingerprint density at radius 3 is 2.40 bits per heavy atom. The van der Waals surface area contributed by atoms with E-state index in [1.54, 1.807) is 6.07 Å². The second-order valence-corrected chi connectivity index (χ2v) is 7.73. The number of furan rings is 1. The Balaban J connectivity index is 1.81. The van der Waals surface area contributed by atoms with E-state index >= 15 is 0 Å². The lowest BCUT2D eigenvalue weighted by Crippen LogP contribution is -2.31. The third-order valence-electron chi connectivity index (χ3n) is 5.68. The topological polar surface area (TPSA) is 17.0 Å². The Bertz CT molecular complexity index is 1430. The standard InChI is InChI=1S/C26H20F2NO/c1-15-12-22(29(3)14-20(15)17-7-5-4-6-8-17)24-16(2)11-21(28)25-19-10-9-18(27)13-23(19)30-26(24)25/h4-14H,1-3H3/q+1. The summed E-state index contributed by atoms with van der Waals surface area (Å²) >= 11 is 0. The summed E-state index contributed by atoms with van der Waals surface area (Å²) in [5.74, 6) is -0.772. The molecule has 3 aromatic carbocycles. The number of benzene rings is 3. The summed E-state index contributed by atoms with van der Waals surface area (Å²) in [5.41, 5.74) is 6.64. The molecule has 0 atom stereocenters.